The summed E-state index contributed by atoms with van der Waals surface area (Å²) in [5.74, 6) is 1.52. The molecule has 2 rings (SSSR count). The van der Waals surface area contributed by atoms with Crippen LogP contribution in [0, 0.1) is 17.3 Å². The number of unbranched alkanes of at least 4 members (excludes halogenated alkanes) is 1. The molecular formula is C20H33NO. The summed E-state index contributed by atoms with van der Waals surface area (Å²) >= 11 is 0. The molecule has 0 radical (unpaired) electrons. The van der Waals surface area contributed by atoms with Crippen molar-refractivity contribution < 1.29 is 4.79 Å². The summed E-state index contributed by atoms with van der Waals surface area (Å²) in [6, 6.07) is 0. The van der Waals surface area contributed by atoms with E-state index in [9.17, 15) is 4.79 Å². The van der Waals surface area contributed by atoms with E-state index >= 15 is 0 Å². The zero-order valence-electron chi connectivity index (χ0n) is 14.7. The third kappa shape index (κ3) is 4.47. The number of hydrogen-bond donors (Lipinski definition) is 1. The fourth-order valence-electron chi connectivity index (χ4n) is 3.61. The van der Waals surface area contributed by atoms with Gasteiger partial charge < -0.3 is 5.73 Å². The van der Waals surface area contributed by atoms with Crippen LogP contribution in [-0.2, 0) is 4.79 Å². The zero-order chi connectivity index (χ0) is 16.2. The van der Waals surface area contributed by atoms with Crippen LogP contribution in [0.2, 0.25) is 0 Å². The van der Waals surface area contributed by atoms with E-state index in [1.54, 1.807) is 0 Å². The largest absolute Gasteiger partial charge is 0.402 e. The van der Waals surface area contributed by atoms with E-state index in [-0.39, 0.29) is 5.41 Å². The van der Waals surface area contributed by atoms with Gasteiger partial charge in [-0.25, -0.2) is 0 Å². The van der Waals surface area contributed by atoms with Crippen molar-refractivity contribution in [1.82, 2.24) is 0 Å². The molecule has 1 atom stereocenters. The first kappa shape index (κ1) is 17.3. The number of hydrogen-bond acceptors (Lipinski definition) is 2. The maximum absolute atomic E-state index is 12.2. The Hall–Kier alpha value is -1.05. The topological polar surface area (TPSA) is 43.1 Å². The van der Waals surface area contributed by atoms with Gasteiger partial charge in [0.1, 0.15) is 5.78 Å². The Morgan fingerprint density at radius 3 is 2.55 bits per heavy atom. The number of allylic oxidation sites excluding steroid dienone is 4. The lowest BCUT2D eigenvalue weighted by atomic mass is 9.87. The summed E-state index contributed by atoms with van der Waals surface area (Å²) in [5, 5.41) is 0. The van der Waals surface area contributed by atoms with E-state index in [4.69, 9.17) is 5.73 Å². The van der Waals surface area contributed by atoms with E-state index in [0.29, 0.717) is 11.7 Å². The molecule has 2 saturated carbocycles. The molecule has 0 spiro atoms. The lowest BCUT2D eigenvalue weighted by Gasteiger charge is -2.15. The van der Waals surface area contributed by atoms with Crippen molar-refractivity contribution in [2.24, 2.45) is 23.0 Å². The molecule has 0 aliphatic heterocycles. The van der Waals surface area contributed by atoms with Crippen LogP contribution in [0.15, 0.2) is 23.4 Å². The molecule has 1 unspecified atom stereocenters. The molecule has 2 nitrogen and oxygen atoms in total. The van der Waals surface area contributed by atoms with Gasteiger partial charge in [-0.2, -0.15) is 0 Å². The molecule has 124 valence electrons. The minimum Gasteiger partial charge on any atom is -0.402 e. The molecule has 2 aliphatic carbocycles. The second-order valence-corrected chi connectivity index (χ2v) is 7.79. The van der Waals surface area contributed by atoms with Gasteiger partial charge in [0.2, 0.25) is 0 Å². The molecule has 2 N–H and O–H groups in total. The molecule has 0 saturated heterocycles. The van der Waals surface area contributed by atoms with Crippen molar-refractivity contribution in [1.29, 1.82) is 0 Å². The van der Waals surface area contributed by atoms with Gasteiger partial charge in [-0.3, -0.25) is 4.79 Å². The van der Waals surface area contributed by atoms with Crippen LogP contribution in [0.1, 0.15) is 78.6 Å². The smallest absolute Gasteiger partial charge is 0.141 e. The molecule has 0 aromatic rings. The highest BCUT2D eigenvalue weighted by molar-refractivity contribution is 5.88. The van der Waals surface area contributed by atoms with E-state index < -0.39 is 0 Å². The highest BCUT2D eigenvalue weighted by Crippen LogP contribution is 2.40. The van der Waals surface area contributed by atoms with Crippen LogP contribution in [0.25, 0.3) is 0 Å². The van der Waals surface area contributed by atoms with Crippen LogP contribution in [0.4, 0.5) is 0 Å². The van der Waals surface area contributed by atoms with Gasteiger partial charge in [0.25, 0.3) is 0 Å². The molecule has 2 heteroatoms. The number of nitrogens with two attached hydrogens (primary N) is 1. The van der Waals surface area contributed by atoms with Gasteiger partial charge in [-0.15, -0.1) is 0 Å². The van der Waals surface area contributed by atoms with Crippen molar-refractivity contribution in [3.05, 3.63) is 23.4 Å². The second kappa shape index (κ2) is 7.48. The minimum atomic E-state index is -0.0757. The Morgan fingerprint density at radius 2 is 2.00 bits per heavy atom. The lowest BCUT2D eigenvalue weighted by molar-refractivity contribution is -0.127. The number of ketones is 1. The second-order valence-electron chi connectivity index (χ2n) is 7.79. The van der Waals surface area contributed by atoms with Gasteiger partial charge in [0.15, 0.2) is 0 Å². The molecule has 2 aliphatic rings. The Kier molecular flexibility index (Phi) is 5.88. The standard InChI is InChI=1S/C20H33NO/c1-4-5-9-17(15-11-12-15)18(21)10-7-6-8-16-13-14-20(2,3)19(16)22/h5,9,15-16H,4,6-8,10-14,21H2,1-3H3/b9-5-,18-17+. The van der Waals surface area contributed by atoms with Crippen LogP contribution in [0.5, 0.6) is 0 Å². The summed E-state index contributed by atoms with van der Waals surface area (Å²) in [6.45, 7) is 6.35. The first-order chi connectivity index (χ1) is 10.5. The Balaban J connectivity index is 1.76. The van der Waals surface area contributed by atoms with Crippen molar-refractivity contribution in [2.75, 3.05) is 0 Å². The zero-order valence-corrected chi connectivity index (χ0v) is 14.7. The predicted molar refractivity (Wildman–Crippen MR) is 93.3 cm³/mol. The monoisotopic (exact) mass is 303 g/mol. The van der Waals surface area contributed by atoms with E-state index in [0.717, 1.165) is 56.6 Å². The summed E-state index contributed by atoms with van der Waals surface area (Å²) in [6.07, 6.45) is 14.6. The third-order valence-electron chi connectivity index (χ3n) is 5.33. The van der Waals surface area contributed by atoms with Crippen molar-refractivity contribution in [3.8, 4) is 0 Å². The summed E-state index contributed by atoms with van der Waals surface area (Å²) < 4.78 is 0. The normalized spacial score (nSPS) is 25.8. The summed E-state index contributed by atoms with van der Waals surface area (Å²) in [4.78, 5) is 12.2. The molecular weight excluding hydrogens is 270 g/mol. The maximum Gasteiger partial charge on any atom is 0.141 e. The van der Waals surface area contributed by atoms with Crippen LogP contribution >= 0.6 is 0 Å². The number of rotatable bonds is 8. The first-order valence-corrected chi connectivity index (χ1v) is 9.15. The van der Waals surface area contributed by atoms with Crippen LogP contribution in [-0.4, -0.2) is 5.78 Å². The Morgan fingerprint density at radius 1 is 1.27 bits per heavy atom. The van der Waals surface area contributed by atoms with E-state index in [2.05, 4.69) is 32.9 Å². The highest BCUT2D eigenvalue weighted by atomic mass is 16.1. The van der Waals surface area contributed by atoms with Crippen molar-refractivity contribution in [2.45, 2.75) is 78.6 Å². The van der Waals surface area contributed by atoms with E-state index in [1.165, 1.54) is 18.4 Å². The molecule has 0 amide bonds. The van der Waals surface area contributed by atoms with Crippen LogP contribution < -0.4 is 5.73 Å². The summed E-state index contributed by atoms with van der Waals surface area (Å²) in [5.41, 5.74) is 8.73. The first-order valence-electron chi connectivity index (χ1n) is 9.15. The third-order valence-corrected chi connectivity index (χ3v) is 5.33. The van der Waals surface area contributed by atoms with E-state index in [1.807, 2.05) is 0 Å². The SMILES string of the molecule is CC/C=C\C(=C(/N)CCCCC1CCC(C)(C)C1=O)C1CC1. The Bertz CT molecular complexity index is 454. The fraction of sp³-hybridized carbons (Fsp3) is 0.750. The lowest BCUT2D eigenvalue weighted by Crippen LogP contribution is -2.21. The Labute approximate surface area is 136 Å². The van der Waals surface area contributed by atoms with Gasteiger partial charge in [-0.1, -0.05) is 39.3 Å². The molecule has 0 aromatic heterocycles. The predicted octanol–water partition coefficient (Wildman–Crippen LogP) is 5.14. The molecule has 22 heavy (non-hydrogen) atoms. The van der Waals surface area contributed by atoms with Crippen molar-refractivity contribution in [3.63, 3.8) is 0 Å². The number of carbonyl (C=O) groups excluding carboxylic acids is 1. The minimum absolute atomic E-state index is 0.0757. The summed E-state index contributed by atoms with van der Waals surface area (Å²) in [7, 11) is 0. The van der Waals surface area contributed by atoms with Gasteiger partial charge in [0, 0.05) is 17.0 Å². The molecule has 0 heterocycles. The average molecular weight is 303 g/mol. The van der Waals surface area contributed by atoms with Gasteiger partial charge in [-0.05, 0) is 62.9 Å². The number of carbonyl (C=O) groups is 1. The van der Waals surface area contributed by atoms with Crippen molar-refractivity contribution >= 4 is 5.78 Å². The quantitative estimate of drug-likeness (QED) is 0.498. The number of Topliss-reactive ketones (excluding diaryl/α,β-unsaturated/α-hetero) is 1. The maximum atomic E-state index is 12.2. The molecule has 2 fully saturated rings. The van der Waals surface area contributed by atoms with Gasteiger partial charge >= 0.3 is 0 Å². The average Bonchev–Trinajstić information content (AvgIpc) is 3.27. The molecule has 0 aromatic carbocycles. The van der Waals surface area contributed by atoms with Crippen LogP contribution in [0.3, 0.4) is 0 Å². The molecule has 0 bridgehead atoms. The fourth-order valence-corrected chi connectivity index (χ4v) is 3.61. The van der Waals surface area contributed by atoms with Gasteiger partial charge in [0.05, 0.1) is 0 Å². The highest BCUT2D eigenvalue weighted by Gasteiger charge is 2.39.